The third-order valence-electron chi connectivity index (χ3n) is 4.79. The van der Waals surface area contributed by atoms with Gasteiger partial charge < -0.3 is 5.32 Å². The Morgan fingerprint density at radius 1 is 1.13 bits per heavy atom. The van der Waals surface area contributed by atoms with Crippen LogP contribution in [-0.2, 0) is 0 Å². The van der Waals surface area contributed by atoms with Crippen molar-refractivity contribution in [3.05, 3.63) is 0 Å². The molecule has 1 atom stereocenters. The van der Waals surface area contributed by atoms with Crippen LogP contribution in [0.3, 0.4) is 0 Å². The SMILES string of the molecule is CC(C)(C1CC1)N1CCNC(C2CC2)C1. The molecule has 0 bridgehead atoms. The van der Waals surface area contributed by atoms with Crippen molar-refractivity contribution < 1.29 is 0 Å². The number of rotatable bonds is 3. The molecule has 86 valence electrons. The van der Waals surface area contributed by atoms with Crippen LogP contribution in [0.5, 0.6) is 0 Å². The van der Waals surface area contributed by atoms with Crippen LogP contribution in [0.25, 0.3) is 0 Å². The fourth-order valence-corrected chi connectivity index (χ4v) is 3.16. The summed E-state index contributed by atoms with van der Waals surface area (Å²) in [6, 6.07) is 0.803. The van der Waals surface area contributed by atoms with E-state index in [0.717, 1.165) is 17.9 Å². The number of nitrogens with one attached hydrogen (secondary N) is 1. The maximum Gasteiger partial charge on any atom is 0.0223 e. The molecule has 0 amide bonds. The van der Waals surface area contributed by atoms with Gasteiger partial charge in [-0.25, -0.2) is 0 Å². The molecule has 0 radical (unpaired) electrons. The Kier molecular flexibility index (Phi) is 2.33. The Morgan fingerprint density at radius 2 is 1.87 bits per heavy atom. The van der Waals surface area contributed by atoms with Crippen LogP contribution in [-0.4, -0.2) is 36.1 Å². The number of hydrogen-bond donors (Lipinski definition) is 1. The molecule has 1 aliphatic heterocycles. The second-order valence-corrected chi connectivity index (χ2v) is 6.27. The second-order valence-electron chi connectivity index (χ2n) is 6.27. The predicted molar refractivity (Wildman–Crippen MR) is 62.9 cm³/mol. The lowest BCUT2D eigenvalue weighted by Gasteiger charge is -2.44. The molecule has 3 aliphatic rings. The van der Waals surface area contributed by atoms with E-state index in [0.29, 0.717) is 5.54 Å². The van der Waals surface area contributed by atoms with Gasteiger partial charge in [-0.05, 0) is 51.4 Å². The average Bonchev–Trinajstić information content (AvgIpc) is 3.06. The summed E-state index contributed by atoms with van der Waals surface area (Å²) in [6.45, 7) is 8.68. The maximum absolute atomic E-state index is 3.70. The summed E-state index contributed by atoms with van der Waals surface area (Å²) in [4.78, 5) is 2.75. The highest BCUT2D eigenvalue weighted by Gasteiger charge is 2.44. The van der Waals surface area contributed by atoms with Crippen molar-refractivity contribution in [1.29, 1.82) is 0 Å². The summed E-state index contributed by atoms with van der Waals surface area (Å²) >= 11 is 0. The first-order chi connectivity index (χ1) is 7.18. The van der Waals surface area contributed by atoms with E-state index in [-0.39, 0.29) is 0 Å². The molecule has 2 aliphatic carbocycles. The molecule has 3 rings (SSSR count). The van der Waals surface area contributed by atoms with Gasteiger partial charge in [0.1, 0.15) is 0 Å². The highest BCUT2D eigenvalue weighted by atomic mass is 15.3. The van der Waals surface area contributed by atoms with E-state index in [4.69, 9.17) is 0 Å². The molecule has 1 unspecified atom stereocenters. The zero-order valence-corrected chi connectivity index (χ0v) is 10.1. The first kappa shape index (κ1) is 10.1. The van der Waals surface area contributed by atoms with Gasteiger partial charge in [-0.1, -0.05) is 0 Å². The lowest BCUT2D eigenvalue weighted by molar-refractivity contribution is 0.0612. The zero-order valence-electron chi connectivity index (χ0n) is 10.1. The minimum Gasteiger partial charge on any atom is -0.311 e. The minimum absolute atomic E-state index is 0.468. The van der Waals surface area contributed by atoms with Crippen molar-refractivity contribution in [2.24, 2.45) is 11.8 Å². The van der Waals surface area contributed by atoms with Gasteiger partial charge in [-0.2, -0.15) is 0 Å². The monoisotopic (exact) mass is 208 g/mol. The molecule has 2 nitrogen and oxygen atoms in total. The van der Waals surface area contributed by atoms with Gasteiger partial charge in [-0.3, -0.25) is 4.90 Å². The van der Waals surface area contributed by atoms with E-state index < -0.39 is 0 Å². The lowest BCUT2D eigenvalue weighted by atomic mass is 9.93. The van der Waals surface area contributed by atoms with E-state index in [1.54, 1.807) is 0 Å². The van der Waals surface area contributed by atoms with Crippen LogP contribution in [0.2, 0.25) is 0 Å². The van der Waals surface area contributed by atoms with Gasteiger partial charge in [0.15, 0.2) is 0 Å². The lowest BCUT2D eigenvalue weighted by Crippen LogP contribution is -2.59. The zero-order chi connectivity index (χ0) is 10.5. The summed E-state index contributed by atoms with van der Waals surface area (Å²) in [7, 11) is 0. The van der Waals surface area contributed by atoms with E-state index in [1.165, 1.54) is 45.3 Å². The van der Waals surface area contributed by atoms with E-state index in [9.17, 15) is 0 Å². The fraction of sp³-hybridized carbons (Fsp3) is 1.00. The Bertz CT molecular complexity index is 241. The van der Waals surface area contributed by atoms with Crippen molar-refractivity contribution in [3.8, 4) is 0 Å². The maximum atomic E-state index is 3.70. The van der Waals surface area contributed by atoms with Crippen LogP contribution < -0.4 is 5.32 Å². The van der Waals surface area contributed by atoms with Crippen LogP contribution in [0.15, 0.2) is 0 Å². The van der Waals surface area contributed by atoms with Gasteiger partial charge >= 0.3 is 0 Å². The molecule has 15 heavy (non-hydrogen) atoms. The third-order valence-corrected chi connectivity index (χ3v) is 4.79. The quantitative estimate of drug-likeness (QED) is 0.761. The molecule has 0 aromatic heterocycles. The molecule has 0 aromatic rings. The Hall–Kier alpha value is -0.0800. The van der Waals surface area contributed by atoms with Crippen LogP contribution >= 0.6 is 0 Å². The molecule has 1 N–H and O–H groups in total. The normalized spacial score (nSPS) is 34.4. The number of nitrogens with zero attached hydrogens (tertiary/aromatic N) is 1. The summed E-state index contributed by atoms with van der Waals surface area (Å²) in [6.07, 6.45) is 5.86. The van der Waals surface area contributed by atoms with E-state index in [2.05, 4.69) is 24.1 Å². The van der Waals surface area contributed by atoms with Gasteiger partial charge in [-0.15, -0.1) is 0 Å². The number of piperazine rings is 1. The van der Waals surface area contributed by atoms with Crippen molar-refractivity contribution in [2.45, 2.75) is 51.1 Å². The smallest absolute Gasteiger partial charge is 0.0223 e. The van der Waals surface area contributed by atoms with Crippen LogP contribution in [0, 0.1) is 11.8 Å². The summed E-state index contributed by atoms with van der Waals surface area (Å²) in [5.41, 5.74) is 0.468. The molecule has 2 heteroatoms. The Balaban J connectivity index is 1.64. The molecule has 2 saturated carbocycles. The Labute approximate surface area is 93.4 Å². The largest absolute Gasteiger partial charge is 0.311 e. The van der Waals surface area contributed by atoms with Gasteiger partial charge in [0.25, 0.3) is 0 Å². The summed E-state index contributed by atoms with van der Waals surface area (Å²) in [5.74, 6) is 1.98. The standard InChI is InChI=1S/C13H24N2/c1-13(2,11-5-6-11)15-8-7-14-12(9-15)10-3-4-10/h10-12,14H,3-9H2,1-2H3. The van der Waals surface area contributed by atoms with Gasteiger partial charge in [0.05, 0.1) is 0 Å². The predicted octanol–water partition coefficient (Wildman–Crippen LogP) is 1.86. The third kappa shape index (κ3) is 1.94. The van der Waals surface area contributed by atoms with E-state index in [1.807, 2.05) is 0 Å². The molecular weight excluding hydrogens is 184 g/mol. The van der Waals surface area contributed by atoms with Crippen molar-refractivity contribution >= 4 is 0 Å². The number of hydrogen-bond acceptors (Lipinski definition) is 2. The molecule has 0 aromatic carbocycles. The minimum atomic E-state index is 0.468. The second kappa shape index (κ2) is 3.46. The molecule has 1 saturated heterocycles. The van der Waals surface area contributed by atoms with Gasteiger partial charge in [0.2, 0.25) is 0 Å². The molecule has 0 spiro atoms. The highest BCUT2D eigenvalue weighted by molar-refractivity contribution is 5.00. The van der Waals surface area contributed by atoms with Crippen molar-refractivity contribution in [3.63, 3.8) is 0 Å². The van der Waals surface area contributed by atoms with Crippen LogP contribution in [0.4, 0.5) is 0 Å². The molecular formula is C13H24N2. The van der Waals surface area contributed by atoms with Gasteiger partial charge in [0, 0.05) is 31.2 Å². The average molecular weight is 208 g/mol. The fourth-order valence-electron chi connectivity index (χ4n) is 3.16. The molecule has 1 heterocycles. The first-order valence-electron chi connectivity index (χ1n) is 6.66. The van der Waals surface area contributed by atoms with Crippen molar-refractivity contribution in [1.82, 2.24) is 10.2 Å². The summed E-state index contributed by atoms with van der Waals surface area (Å²) in [5, 5.41) is 3.70. The van der Waals surface area contributed by atoms with Crippen molar-refractivity contribution in [2.75, 3.05) is 19.6 Å². The van der Waals surface area contributed by atoms with Crippen LogP contribution in [0.1, 0.15) is 39.5 Å². The highest BCUT2D eigenvalue weighted by Crippen LogP contribution is 2.44. The van der Waals surface area contributed by atoms with E-state index >= 15 is 0 Å². The Morgan fingerprint density at radius 3 is 2.47 bits per heavy atom. The summed E-state index contributed by atoms with van der Waals surface area (Å²) < 4.78 is 0. The topological polar surface area (TPSA) is 15.3 Å². The molecule has 3 fully saturated rings. The first-order valence-corrected chi connectivity index (χ1v) is 6.66.